The number of aromatic nitrogens is 3. The lowest BCUT2D eigenvalue weighted by Gasteiger charge is -2.33. The summed E-state index contributed by atoms with van der Waals surface area (Å²) in [5, 5.41) is 9.64. The van der Waals surface area contributed by atoms with E-state index in [0.717, 1.165) is 27.6 Å². The van der Waals surface area contributed by atoms with E-state index in [-0.39, 0.29) is 0 Å². The summed E-state index contributed by atoms with van der Waals surface area (Å²) < 4.78 is 0. The molecule has 0 atom stereocenters. The molecule has 3 nitrogen and oxygen atoms in total. The Balaban J connectivity index is 1.18. The standard InChI is InChI=1S/C56H35N3/c1-4-19-36(20-5-1)53-57-54(46-32-18-34-50-52(46)45-31-16-17-33-49(45)56(50,37-21-6-2-7-22-37)38-23-8-3-9-24-38)59-55(58-53)48-35-47-41-27-11-10-25-39(41)40-26-12-14-29-43(40)51(47)44-30-15-13-28-42(44)48/h1-35H. The van der Waals surface area contributed by atoms with Crippen LogP contribution in [0.5, 0.6) is 0 Å². The summed E-state index contributed by atoms with van der Waals surface area (Å²) in [4.78, 5) is 16.2. The minimum absolute atomic E-state index is 0.541. The molecule has 3 heteroatoms. The van der Waals surface area contributed by atoms with Crippen molar-refractivity contribution in [3.63, 3.8) is 0 Å². The van der Waals surface area contributed by atoms with Crippen LogP contribution in [0.15, 0.2) is 212 Å². The largest absolute Gasteiger partial charge is 0.208 e. The van der Waals surface area contributed by atoms with E-state index in [1.165, 1.54) is 65.5 Å². The van der Waals surface area contributed by atoms with E-state index in [4.69, 9.17) is 15.0 Å². The zero-order valence-corrected chi connectivity index (χ0v) is 32.0. The van der Waals surface area contributed by atoms with Gasteiger partial charge in [0.15, 0.2) is 17.5 Å². The molecule has 1 heterocycles. The first kappa shape index (κ1) is 33.4. The number of benzene rings is 10. The van der Waals surface area contributed by atoms with Crippen LogP contribution in [0.4, 0.5) is 0 Å². The number of hydrogen-bond donors (Lipinski definition) is 0. The van der Waals surface area contributed by atoms with Crippen LogP contribution in [0.1, 0.15) is 22.3 Å². The maximum atomic E-state index is 5.52. The third-order valence-corrected chi connectivity index (χ3v) is 12.4. The molecular formula is C56H35N3. The van der Waals surface area contributed by atoms with Crippen LogP contribution in [0.2, 0.25) is 0 Å². The Labute approximate surface area is 342 Å². The highest BCUT2D eigenvalue weighted by atomic mass is 15.0. The SMILES string of the molecule is c1ccc(-c2nc(-c3cccc4c3-c3ccccc3C4(c3ccccc3)c3ccccc3)nc(-c3cc4c5ccccc5c5ccccc5c4c4ccccc34)n2)cc1. The second-order valence-corrected chi connectivity index (χ2v) is 15.4. The normalized spacial score (nSPS) is 12.9. The van der Waals surface area contributed by atoms with Crippen molar-refractivity contribution in [2.24, 2.45) is 0 Å². The van der Waals surface area contributed by atoms with Crippen LogP contribution in [0, 0.1) is 0 Å². The minimum atomic E-state index is -0.541. The van der Waals surface area contributed by atoms with Gasteiger partial charge in [-0.3, -0.25) is 0 Å². The van der Waals surface area contributed by atoms with Crippen molar-refractivity contribution in [2.45, 2.75) is 5.41 Å². The summed E-state index contributed by atoms with van der Waals surface area (Å²) in [6, 6.07) is 76.2. The third-order valence-electron chi connectivity index (χ3n) is 12.4. The number of rotatable bonds is 5. The van der Waals surface area contributed by atoms with Crippen LogP contribution in [-0.4, -0.2) is 15.0 Å². The molecule has 0 amide bonds. The lowest BCUT2D eigenvalue weighted by Crippen LogP contribution is -2.28. The summed E-state index contributed by atoms with van der Waals surface area (Å²) in [6.45, 7) is 0. The minimum Gasteiger partial charge on any atom is -0.208 e. The topological polar surface area (TPSA) is 38.7 Å². The maximum absolute atomic E-state index is 5.52. The van der Waals surface area contributed by atoms with Crippen molar-refractivity contribution in [2.75, 3.05) is 0 Å². The third kappa shape index (κ3) is 4.92. The van der Waals surface area contributed by atoms with Gasteiger partial charge < -0.3 is 0 Å². The average molecular weight is 750 g/mol. The Kier molecular flexibility index (Phi) is 7.45. The highest BCUT2D eigenvalue weighted by Crippen LogP contribution is 2.58. The molecule has 11 aromatic rings. The van der Waals surface area contributed by atoms with Gasteiger partial charge in [-0.05, 0) is 82.5 Å². The molecule has 1 aliphatic rings. The fraction of sp³-hybridized carbons (Fsp3) is 0.0179. The predicted octanol–water partition coefficient (Wildman–Crippen LogP) is 13.8. The highest BCUT2D eigenvalue weighted by molar-refractivity contribution is 6.32. The van der Waals surface area contributed by atoms with E-state index in [1.54, 1.807) is 0 Å². The molecule has 0 aliphatic heterocycles. The van der Waals surface area contributed by atoms with E-state index in [2.05, 4.69) is 194 Å². The van der Waals surface area contributed by atoms with Gasteiger partial charge in [0.25, 0.3) is 0 Å². The van der Waals surface area contributed by atoms with Crippen molar-refractivity contribution in [3.05, 3.63) is 235 Å². The Morgan fingerprint density at radius 1 is 0.288 bits per heavy atom. The van der Waals surface area contributed by atoms with Crippen LogP contribution in [-0.2, 0) is 5.41 Å². The number of hydrogen-bond acceptors (Lipinski definition) is 3. The summed E-state index contributed by atoms with van der Waals surface area (Å²) in [7, 11) is 0. The second kappa shape index (κ2) is 13.2. The van der Waals surface area contributed by atoms with Gasteiger partial charge in [-0.1, -0.05) is 206 Å². The molecule has 10 aromatic carbocycles. The molecule has 274 valence electrons. The quantitative estimate of drug-likeness (QED) is 0.165. The Morgan fingerprint density at radius 3 is 1.39 bits per heavy atom. The lowest BCUT2D eigenvalue weighted by molar-refractivity contribution is 0.768. The summed E-state index contributed by atoms with van der Waals surface area (Å²) in [6.07, 6.45) is 0. The smallest absolute Gasteiger partial charge is 0.164 e. The van der Waals surface area contributed by atoms with Gasteiger partial charge in [0.1, 0.15) is 0 Å². The lowest BCUT2D eigenvalue weighted by atomic mass is 9.67. The molecule has 12 rings (SSSR count). The molecule has 0 spiro atoms. The van der Waals surface area contributed by atoms with Gasteiger partial charge in [-0.15, -0.1) is 0 Å². The number of fused-ring (bicyclic) bond motifs is 11. The van der Waals surface area contributed by atoms with Crippen molar-refractivity contribution in [1.29, 1.82) is 0 Å². The van der Waals surface area contributed by atoms with Crippen LogP contribution >= 0.6 is 0 Å². The van der Waals surface area contributed by atoms with Gasteiger partial charge in [-0.25, -0.2) is 15.0 Å². The Morgan fingerprint density at radius 2 is 0.729 bits per heavy atom. The van der Waals surface area contributed by atoms with Crippen LogP contribution in [0.25, 0.3) is 88.4 Å². The van der Waals surface area contributed by atoms with Crippen molar-refractivity contribution < 1.29 is 0 Å². The summed E-state index contributed by atoms with van der Waals surface area (Å²) in [5.41, 5.74) is 9.59. The van der Waals surface area contributed by atoms with Gasteiger partial charge in [0, 0.05) is 16.7 Å². The molecule has 1 aliphatic carbocycles. The van der Waals surface area contributed by atoms with E-state index in [9.17, 15) is 0 Å². The molecular weight excluding hydrogens is 715 g/mol. The molecule has 0 radical (unpaired) electrons. The molecule has 0 fully saturated rings. The molecule has 1 aromatic heterocycles. The fourth-order valence-electron chi connectivity index (χ4n) is 9.96. The Hall–Kier alpha value is -7.75. The van der Waals surface area contributed by atoms with Crippen molar-refractivity contribution in [3.8, 4) is 45.3 Å². The molecule has 0 unspecified atom stereocenters. The van der Waals surface area contributed by atoms with Gasteiger partial charge in [0.05, 0.1) is 5.41 Å². The van der Waals surface area contributed by atoms with E-state index in [0.29, 0.717) is 17.5 Å². The van der Waals surface area contributed by atoms with Crippen molar-refractivity contribution >= 4 is 43.1 Å². The summed E-state index contributed by atoms with van der Waals surface area (Å²) >= 11 is 0. The molecule has 0 saturated carbocycles. The molecule has 0 bridgehead atoms. The van der Waals surface area contributed by atoms with Gasteiger partial charge in [-0.2, -0.15) is 0 Å². The average Bonchev–Trinajstić information content (AvgIpc) is 3.63. The van der Waals surface area contributed by atoms with E-state index in [1.807, 2.05) is 18.2 Å². The zero-order chi connectivity index (χ0) is 38.9. The maximum Gasteiger partial charge on any atom is 0.164 e. The monoisotopic (exact) mass is 749 g/mol. The van der Waals surface area contributed by atoms with Crippen LogP contribution < -0.4 is 0 Å². The second-order valence-electron chi connectivity index (χ2n) is 15.4. The fourth-order valence-corrected chi connectivity index (χ4v) is 9.96. The number of nitrogens with zero attached hydrogens (tertiary/aromatic N) is 3. The molecule has 0 saturated heterocycles. The molecule has 0 N–H and O–H groups in total. The van der Waals surface area contributed by atoms with Crippen LogP contribution in [0.3, 0.4) is 0 Å². The summed E-state index contributed by atoms with van der Waals surface area (Å²) in [5.74, 6) is 1.93. The van der Waals surface area contributed by atoms with Crippen molar-refractivity contribution in [1.82, 2.24) is 15.0 Å². The predicted molar refractivity (Wildman–Crippen MR) is 243 cm³/mol. The first-order valence-corrected chi connectivity index (χ1v) is 20.2. The first-order valence-electron chi connectivity index (χ1n) is 20.2. The van der Waals surface area contributed by atoms with E-state index < -0.39 is 5.41 Å². The van der Waals surface area contributed by atoms with Gasteiger partial charge >= 0.3 is 0 Å². The Bertz CT molecular complexity index is 3390. The molecule has 59 heavy (non-hydrogen) atoms. The zero-order valence-electron chi connectivity index (χ0n) is 32.0. The highest BCUT2D eigenvalue weighted by Gasteiger charge is 2.47. The first-order chi connectivity index (χ1) is 29.3. The van der Waals surface area contributed by atoms with Gasteiger partial charge in [0.2, 0.25) is 0 Å². The van der Waals surface area contributed by atoms with E-state index >= 15 is 0 Å².